The molecule has 1 N–H and O–H groups in total. The smallest absolute Gasteiger partial charge is 0.186 e. The fourth-order valence-electron chi connectivity index (χ4n) is 0.628. The van der Waals surface area contributed by atoms with Crippen LogP contribution in [0.4, 0.5) is 0 Å². The first-order valence-electron chi connectivity index (χ1n) is 2.73. The average molecular weight is 157 g/mol. The van der Waals surface area contributed by atoms with Crippen molar-refractivity contribution in [2.75, 3.05) is 0 Å². The Hall–Kier alpha value is -0.740. The third kappa shape index (κ3) is 1.62. The van der Waals surface area contributed by atoms with Crippen LogP contribution in [-0.4, -0.2) is 13.7 Å². The van der Waals surface area contributed by atoms with Gasteiger partial charge >= 0.3 is 0 Å². The number of pyridine rings is 1. The molecule has 0 spiro atoms. The van der Waals surface area contributed by atoms with E-state index >= 15 is 0 Å². The van der Waals surface area contributed by atoms with Crippen LogP contribution < -0.4 is 0 Å². The summed E-state index contributed by atoms with van der Waals surface area (Å²) in [7, 11) is 0. The molecule has 10 heavy (non-hydrogen) atoms. The Balaban J connectivity index is 3.07. The Morgan fingerprint density at radius 3 is 2.80 bits per heavy atom. The monoisotopic (exact) mass is 157 g/mol. The zero-order valence-corrected chi connectivity index (χ0v) is 6.26. The number of nitrogens with zero attached hydrogens (tertiary/aromatic N) is 1. The van der Waals surface area contributed by atoms with Crippen molar-refractivity contribution in [3.63, 3.8) is 0 Å². The van der Waals surface area contributed by atoms with E-state index in [-0.39, 0.29) is 0 Å². The number of rotatable bonds is 1. The fraction of sp³-hybridized carbons (Fsp3) is 0.167. The molecule has 0 saturated heterocycles. The lowest BCUT2D eigenvalue weighted by molar-refractivity contribution is 0.564. The molecule has 1 aromatic heterocycles. The largest absolute Gasteiger partial charge is 0.302 e. The van der Waals surface area contributed by atoms with Crippen LogP contribution in [0.3, 0.4) is 0 Å². The number of hydrogen-bond acceptors (Lipinski definition) is 2. The quantitative estimate of drug-likeness (QED) is 0.618. The van der Waals surface area contributed by atoms with Crippen molar-refractivity contribution in [1.29, 1.82) is 0 Å². The standard InChI is InChI=1S/C6H7NO2S/c1-5-4-6(10(8)9)2-3-7-5/h2-4H,1H3,(H,8,9). The summed E-state index contributed by atoms with van der Waals surface area (Å²) in [5.74, 6) is 0. The van der Waals surface area contributed by atoms with E-state index in [0.717, 1.165) is 5.69 Å². The molecule has 54 valence electrons. The highest BCUT2D eigenvalue weighted by molar-refractivity contribution is 7.79. The first kappa shape index (κ1) is 7.37. The van der Waals surface area contributed by atoms with Gasteiger partial charge in [0.05, 0.1) is 4.90 Å². The zero-order valence-electron chi connectivity index (χ0n) is 5.44. The Morgan fingerprint density at radius 2 is 2.40 bits per heavy atom. The third-order valence-corrected chi connectivity index (χ3v) is 1.73. The van der Waals surface area contributed by atoms with Crippen molar-refractivity contribution in [1.82, 2.24) is 4.98 Å². The van der Waals surface area contributed by atoms with Gasteiger partial charge in [-0.3, -0.25) is 4.98 Å². The second kappa shape index (κ2) is 2.90. The number of aryl methyl sites for hydroxylation is 1. The summed E-state index contributed by atoms with van der Waals surface area (Å²) >= 11 is -1.88. The van der Waals surface area contributed by atoms with Gasteiger partial charge in [0.15, 0.2) is 11.1 Å². The van der Waals surface area contributed by atoms with Gasteiger partial charge in [-0.05, 0) is 19.1 Å². The lowest BCUT2D eigenvalue weighted by Crippen LogP contribution is -1.89. The van der Waals surface area contributed by atoms with Crippen LogP contribution in [0.1, 0.15) is 5.69 Å². The van der Waals surface area contributed by atoms with Gasteiger partial charge in [0, 0.05) is 11.9 Å². The summed E-state index contributed by atoms with van der Waals surface area (Å²) in [6, 6.07) is 3.10. The van der Waals surface area contributed by atoms with Crippen molar-refractivity contribution < 1.29 is 8.76 Å². The Kier molecular flexibility index (Phi) is 2.13. The Bertz CT molecular complexity index is 262. The second-order valence-corrected chi connectivity index (χ2v) is 2.85. The predicted molar refractivity (Wildman–Crippen MR) is 38.0 cm³/mol. The molecule has 0 aliphatic rings. The molecule has 1 unspecified atom stereocenters. The summed E-state index contributed by atoms with van der Waals surface area (Å²) < 4.78 is 19.0. The van der Waals surface area contributed by atoms with Crippen LogP contribution in [0.5, 0.6) is 0 Å². The topological polar surface area (TPSA) is 50.2 Å². The van der Waals surface area contributed by atoms with E-state index in [2.05, 4.69) is 4.98 Å². The fourth-order valence-corrected chi connectivity index (χ4v) is 1.08. The van der Waals surface area contributed by atoms with Crippen LogP contribution in [0, 0.1) is 6.92 Å². The minimum atomic E-state index is -1.88. The van der Waals surface area contributed by atoms with Crippen molar-refractivity contribution >= 4 is 11.1 Å². The van der Waals surface area contributed by atoms with Gasteiger partial charge < -0.3 is 4.55 Å². The van der Waals surface area contributed by atoms with Gasteiger partial charge in [0.2, 0.25) is 0 Å². The molecule has 1 rings (SSSR count). The molecule has 3 nitrogen and oxygen atoms in total. The summed E-state index contributed by atoms with van der Waals surface area (Å²) in [6.07, 6.45) is 1.51. The van der Waals surface area contributed by atoms with Crippen molar-refractivity contribution in [3.05, 3.63) is 24.0 Å². The molecule has 1 atom stereocenters. The molecule has 1 heterocycles. The third-order valence-electron chi connectivity index (χ3n) is 1.07. The molecule has 1 aromatic rings. The maximum atomic E-state index is 10.4. The molecule has 0 bridgehead atoms. The van der Waals surface area contributed by atoms with Gasteiger partial charge in [-0.25, -0.2) is 4.21 Å². The van der Waals surface area contributed by atoms with E-state index in [9.17, 15) is 4.21 Å². The van der Waals surface area contributed by atoms with Crippen LogP contribution in [0.2, 0.25) is 0 Å². The van der Waals surface area contributed by atoms with Crippen LogP contribution in [0.15, 0.2) is 23.2 Å². The van der Waals surface area contributed by atoms with E-state index in [1.807, 2.05) is 0 Å². The second-order valence-electron chi connectivity index (χ2n) is 1.88. The lowest BCUT2D eigenvalue weighted by atomic mass is 10.4. The van der Waals surface area contributed by atoms with Crippen LogP contribution >= 0.6 is 0 Å². The van der Waals surface area contributed by atoms with Crippen LogP contribution in [-0.2, 0) is 11.1 Å². The molecule has 0 amide bonds. The molecule has 0 saturated carbocycles. The van der Waals surface area contributed by atoms with E-state index in [1.54, 1.807) is 13.0 Å². The zero-order chi connectivity index (χ0) is 7.56. The highest BCUT2D eigenvalue weighted by Crippen LogP contribution is 2.03. The van der Waals surface area contributed by atoms with Gasteiger partial charge in [-0.1, -0.05) is 0 Å². The highest BCUT2D eigenvalue weighted by Gasteiger charge is 1.97. The molecule has 4 heteroatoms. The predicted octanol–water partition coefficient (Wildman–Crippen LogP) is 0.971. The van der Waals surface area contributed by atoms with Gasteiger partial charge in [-0.2, -0.15) is 0 Å². The van der Waals surface area contributed by atoms with Crippen molar-refractivity contribution in [3.8, 4) is 0 Å². The summed E-state index contributed by atoms with van der Waals surface area (Å²) in [5, 5.41) is 0. The normalized spacial score (nSPS) is 13.0. The Labute approximate surface area is 61.4 Å². The van der Waals surface area contributed by atoms with Gasteiger partial charge in [0.25, 0.3) is 0 Å². The van der Waals surface area contributed by atoms with Gasteiger partial charge in [0.1, 0.15) is 0 Å². The SMILES string of the molecule is Cc1cc(S(=O)O)ccn1. The molecular weight excluding hydrogens is 150 g/mol. The Morgan fingerprint density at radius 1 is 1.70 bits per heavy atom. The molecule has 0 fully saturated rings. The summed E-state index contributed by atoms with van der Waals surface area (Å²) in [6.45, 7) is 1.77. The molecule has 0 aliphatic heterocycles. The van der Waals surface area contributed by atoms with Gasteiger partial charge in [-0.15, -0.1) is 0 Å². The highest BCUT2D eigenvalue weighted by atomic mass is 32.2. The first-order chi connectivity index (χ1) is 4.70. The maximum absolute atomic E-state index is 10.4. The molecule has 0 aromatic carbocycles. The minimum absolute atomic E-state index is 0.396. The summed E-state index contributed by atoms with van der Waals surface area (Å²) in [5.41, 5.74) is 0.750. The molecule has 0 aliphatic carbocycles. The van der Waals surface area contributed by atoms with E-state index in [4.69, 9.17) is 4.55 Å². The van der Waals surface area contributed by atoms with Crippen LogP contribution in [0.25, 0.3) is 0 Å². The number of hydrogen-bond donors (Lipinski definition) is 1. The molecular formula is C6H7NO2S. The first-order valence-corrected chi connectivity index (χ1v) is 3.84. The van der Waals surface area contributed by atoms with E-state index in [0.29, 0.717) is 4.90 Å². The van der Waals surface area contributed by atoms with E-state index < -0.39 is 11.1 Å². The number of aromatic nitrogens is 1. The van der Waals surface area contributed by atoms with E-state index in [1.165, 1.54) is 12.3 Å². The molecule has 0 radical (unpaired) electrons. The van der Waals surface area contributed by atoms with Crippen molar-refractivity contribution in [2.45, 2.75) is 11.8 Å². The maximum Gasteiger partial charge on any atom is 0.186 e. The summed E-state index contributed by atoms with van der Waals surface area (Å²) in [4.78, 5) is 4.27. The average Bonchev–Trinajstić information content (AvgIpc) is 1.88. The van der Waals surface area contributed by atoms with Crippen molar-refractivity contribution in [2.24, 2.45) is 0 Å². The minimum Gasteiger partial charge on any atom is -0.302 e. The lowest BCUT2D eigenvalue weighted by Gasteiger charge is -1.93.